The Bertz CT molecular complexity index is 1190. The number of thioether (sulfide) groups is 1. The second kappa shape index (κ2) is 7.95. The number of carbonyl (C=O) groups is 1. The van der Waals surface area contributed by atoms with Gasteiger partial charge in [0.05, 0.1) is 28.1 Å². The number of anilines is 1. The smallest absolute Gasteiger partial charge is 0.236 e. The lowest BCUT2D eigenvalue weighted by molar-refractivity contribution is -0.113. The van der Waals surface area contributed by atoms with Crippen molar-refractivity contribution in [1.82, 2.24) is 9.97 Å². The molecule has 5 nitrogen and oxygen atoms in total. The summed E-state index contributed by atoms with van der Waals surface area (Å²) < 4.78 is 6.35. The van der Waals surface area contributed by atoms with Gasteiger partial charge in [-0.25, -0.2) is 9.97 Å². The highest BCUT2D eigenvalue weighted by molar-refractivity contribution is 7.99. The molecule has 0 bridgehead atoms. The van der Waals surface area contributed by atoms with Crippen LogP contribution in [0.5, 0.6) is 5.75 Å². The normalized spacial score (nSPS) is 11.1. The van der Waals surface area contributed by atoms with Crippen molar-refractivity contribution < 1.29 is 9.53 Å². The number of fused-ring (bicyclic) bond motifs is 2. The monoisotopic (exact) mass is 429 g/mol. The molecule has 4 aromatic rings. The van der Waals surface area contributed by atoms with Crippen LogP contribution in [0, 0.1) is 6.92 Å². The van der Waals surface area contributed by atoms with Gasteiger partial charge in [0.15, 0.2) is 5.13 Å². The first-order chi connectivity index (χ1) is 13.5. The standard InChI is InChI=1S/C20H16ClN3O2S2/c1-11-8-18(24-19-13(11)4-3-5-15(19)26-2)27-10-17(25)23-20-22-14-7-6-12(21)9-16(14)28-20/h3-9H,10H2,1-2H3,(H,22,23,25). The Morgan fingerprint density at radius 2 is 2.11 bits per heavy atom. The minimum Gasteiger partial charge on any atom is -0.494 e. The maximum absolute atomic E-state index is 12.4. The summed E-state index contributed by atoms with van der Waals surface area (Å²) in [5.41, 5.74) is 2.71. The van der Waals surface area contributed by atoms with Crippen molar-refractivity contribution in [3.8, 4) is 5.75 Å². The fourth-order valence-corrected chi connectivity index (χ4v) is 4.77. The average Bonchev–Trinajstić information content (AvgIpc) is 3.07. The highest BCUT2D eigenvalue weighted by atomic mass is 35.5. The summed E-state index contributed by atoms with van der Waals surface area (Å²) in [5.74, 6) is 0.833. The number of aryl methyl sites for hydroxylation is 1. The SMILES string of the molecule is COc1cccc2c(C)cc(SCC(=O)Nc3nc4ccc(Cl)cc4s3)nc12. The van der Waals surface area contributed by atoms with Gasteiger partial charge in [-0.1, -0.05) is 46.8 Å². The molecule has 0 aliphatic heterocycles. The number of amides is 1. The highest BCUT2D eigenvalue weighted by Gasteiger charge is 2.12. The van der Waals surface area contributed by atoms with Crippen LogP contribution >= 0.6 is 34.7 Å². The van der Waals surface area contributed by atoms with Crippen LogP contribution in [0.3, 0.4) is 0 Å². The number of halogens is 1. The van der Waals surface area contributed by atoms with Crippen molar-refractivity contribution in [2.45, 2.75) is 11.9 Å². The van der Waals surface area contributed by atoms with Crippen LogP contribution in [0.2, 0.25) is 5.02 Å². The van der Waals surface area contributed by atoms with E-state index < -0.39 is 0 Å². The molecule has 1 N–H and O–H groups in total. The van der Waals surface area contributed by atoms with Crippen molar-refractivity contribution in [3.05, 3.63) is 53.1 Å². The van der Waals surface area contributed by atoms with E-state index in [1.807, 2.05) is 43.3 Å². The number of hydrogen-bond donors (Lipinski definition) is 1. The second-order valence-corrected chi connectivity index (χ2v) is 8.56. The number of pyridine rings is 1. The molecular weight excluding hydrogens is 414 g/mol. The Morgan fingerprint density at radius 3 is 2.93 bits per heavy atom. The molecule has 28 heavy (non-hydrogen) atoms. The number of aromatic nitrogens is 2. The van der Waals surface area contributed by atoms with E-state index >= 15 is 0 Å². The highest BCUT2D eigenvalue weighted by Crippen LogP contribution is 2.30. The molecule has 2 aromatic heterocycles. The first kappa shape index (κ1) is 19.0. The molecule has 1 amide bonds. The Hall–Kier alpha value is -2.35. The van der Waals surface area contributed by atoms with E-state index in [1.54, 1.807) is 13.2 Å². The molecule has 4 rings (SSSR count). The van der Waals surface area contributed by atoms with Gasteiger partial charge in [0.25, 0.3) is 0 Å². The zero-order valence-corrected chi connectivity index (χ0v) is 17.5. The predicted molar refractivity (Wildman–Crippen MR) is 117 cm³/mol. The lowest BCUT2D eigenvalue weighted by atomic mass is 10.1. The van der Waals surface area contributed by atoms with E-state index in [1.165, 1.54) is 23.1 Å². The molecule has 2 heterocycles. The van der Waals surface area contributed by atoms with Crippen molar-refractivity contribution in [2.24, 2.45) is 0 Å². The quantitative estimate of drug-likeness (QED) is 0.421. The van der Waals surface area contributed by atoms with Gasteiger partial charge >= 0.3 is 0 Å². The molecule has 0 aliphatic carbocycles. The number of methoxy groups -OCH3 is 1. The lowest BCUT2D eigenvalue weighted by Crippen LogP contribution is -2.13. The van der Waals surface area contributed by atoms with E-state index in [2.05, 4.69) is 15.3 Å². The Labute approximate surface area is 175 Å². The Kier molecular flexibility index (Phi) is 5.39. The maximum Gasteiger partial charge on any atom is 0.236 e. The van der Waals surface area contributed by atoms with E-state index in [9.17, 15) is 4.79 Å². The van der Waals surface area contributed by atoms with Gasteiger partial charge < -0.3 is 10.1 Å². The van der Waals surface area contributed by atoms with Gasteiger partial charge in [0, 0.05) is 10.4 Å². The summed E-state index contributed by atoms with van der Waals surface area (Å²) >= 11 is 8.78. The zero-order chi connectivity index (χ0) is 19.7. The molecule has 0 unspecified atom stereocenters. The van der Waals surface area contributed by atoms with Crippen LogP contribution in [0.4, 0.5) is 5.13 Å². The number of ether oxygens (including phenoxy) is 1. The molecule has 0 fully saturated rings. The van der Waals surface area contributed by atoms with Crippen molar-refractivity contribution in [3.63, 3.8) is 0 Å². The van der Waals surface area contributed by atoms with Gasteiger partial charge in [0.2, 0.25) is 5.91 Å². The van der Waals surface area contributed by atoms with E-state index in [4.69, 9.17) is 16.3 Å². The Morgan fingerprint density at radius 1 is 1.25 bits per heavy atom. The first-order valence-electron chi connectivity index (χ1n) is 8.46. The predicted octanol–water partition coefficient (Wildman–Crippen LogP) is 5.55. The van der Waals surface area contributed by atoms with Crippen LogP contribution in [-0.4, -0.2) is 28.7 Å². The zero-order valence-electron chi connectivity index (χ0n) is 15.2. The van der Waals surface area contributed by atoms with Crippen molar-refractivity contribution >= 4 is 66.9 Å². The summed E-state index contributed by atoms with van der Waals surface area (Å²) in [7, 11) is 1.63. The lowest BCUT2D eigenvalue weighted by Gasteiger charge is -2.09. The summed E-state index contributed by atoms with van der Waals surface area (Å²) in [4.78, 5) is 21.4. The molecule has 0 atom stereocenters. The van der Waals surface area contributed by atoms with Gasteiger partial charge in [-0.15, -0.1) is 0 Å². The third kappa shape index (κ3) is 3.92. The fourth-order valence-electron chi connectivity index (χ4n) is 2.85. The minimum atomic E-state index is -0.130. The largest absolute Gasteiger partial charge is 0.494 e. The second-order valence-electron chi connectivity index (χ2n) is 6.10. The van der Waals surface area contributed by atoms with E-state index in [0.717, 1.165) is 37.5 Å². The molecule has 8 heteroatoms. The van der Waals surface area contributed by atoms with Crippen LogP contribution in [-0.2, 0) is 4.79 Å². The summed E-state index contributed by atoms with van der Waals surface area (Å²) in [5, 5.41) is 5.88. The number of para-hydroxylation sites is 1. The fraction of sp³-hybridized carbons (Fsp3) is 0.150. The van der Waals surface area contributed by atoms with Crippen molar-refractivity contribution in [2.75, 3.05) is 18.2 Å². The molecule has 0 saturated carbocycles. The number of thiazole rings is 1. The van der Waals surface area contributed by atoms with Crippen LogP contribution in [0.15, 0.2) is 47.5 Å². The third-order valence-corrected chi connectivity index (χ3v) is 6.23. The van der Waals surface area contributed by atoms with Gasteiger partial charge in [0.1, 0.15) is 11.3 Å². The molecule has 0 saturated heterocycles. The summed E-state index contributed by atoms with van der Waals surface area (Å²) in [6, 6.07) is 13.3. The summed E-state index contributed by atoms with van der Waals surface area (Å²) in [6.07, 6.45) is 0. The van der Waals surface area contributed by atoms with Crippen LogP contribution < -0.4 is 10.1 Å². The average molecular weight is 430 g/mol. The van der Waals surface area contributed by atoms with Gasteiger partial charge in [-0.05, 0) is 42.8 Å². The topological polar surface area (TPSA) is 64.1 Å². The number of hydrogen-bond acceptors (Lipinski definition) is 6. The third-order valence-electron chi connectivity index (χ3n) is 4.15. The number of rotatable bonds is 5. The first-order valence-corrected chi connectivity index (χ1v) is 10.6. The molecule has 0 radical (unpaired) electrons. The van der Waals surface area contributed by atoms with Gasteiger partial charge in [-0.3, -0.25) is 4.79 Å². The Balaban J connectivity index is 1.48. The minimum absolute atomic E-state index is 0.130. The van der Waals surface area contributed by atoms with E-state index in [0.29, 0.717) is 10.2 Å². The number of nitrogens with zero attached hydrogens (tertiary/aromatic N) is 2. The van der Waals surface area contributed by atoms with Crippen LogP contribution in [0.1, 0.15) is 5.56 Å². The van der Waals surface area contributed by atoms with Gasteiger partial charge in [-0.2, -0.15) is 0 Å². The molecule has 2 aromatic carbocycles. The number of nitrogens with one attached hydrogen (secondary N) is 1. The maximum atomic E-state index is 12.4. The number of carbonyl (C=O) groups excluding carboxylic acids is 1. The van der Waals surface area contributed by atoms with E-state index in [-0.39, 0.29) is 11.7 Å². The molecule has 142 valence electrons. The molecule has 0 aliphatic rings. The van der Waals surface area contributed by atoms with Crippen LogP contribution in [0.25, 0.3) is 21.1 Å². The van der Waals surface area contributed by atoms with Crippen molar-refractivity contribution in [1.29, 1.82) is 0 Å². The summed E-state index contributed by atoms with van der Waals surface area (Å²) in [6.45, 7) is 2.03. The number of benzene rings is 2. The molecular formula is C20H16ClN3O2S2. The molecule has 0 spiro atoms.